The molecule has 5 radical (unpaired) electrons. The largest absolute Gasteiger partial charge is 0.254 e. The number of thiazole rings is 1. The van der Waals surface area contributed by atoms with Crippen molar-refractivity contribution in [2.75, 3.05) is 0 Å². The average molecular weight is 407 g/mol. The maximum absolute atomic E-state index is 4.58. The molecule has 0 aliphatic carbocycles. The first kappa shape index (κ1) is 27.9. The first-order valence-corrected chi connectivity index (χ1v) is 8.81. The molecule has 1 aromatic rings. The second-order valence-corrected chi connectivity index (χ2v) is 12.2. The van der Waals surface area contributed by atoms with Crippen LogP contribution in [-0.4, -0.2) is 37.0 Å². The van der Waals surface area contributed by atoms with E-state index in [1.54, 1.807) is 11.3 Å². The molecular weight excluding hydrogens is 373 g/mol. The van der Waals surface area contributed by atoms with E-state index in [2.05, 4.69) is 51.9 Å². The van der Waals surface area contributed by atoms with Gasteiger partial charge in [0, 0.05) is 30.1 Å². The Hall–Kier alpha value is 0.646. The summed E-state index contributed by atoms with van der Waals surface area (Å²) < 4.78 is 1.39. The van der Waals surface area contributed by atoms with Gasteiger partial charge in [-0.15, -0.1) is 11.3 Å². The van der Waals surface area contributed by atoms with Crippen LogP contribution in [0.4, 0.5) is 0 Å². The zero-order chi connectivity index (χ0) is 11.6. The van der Waals surface area contributed by atoms with E-state index in [0.29, 0.717) is 0 Å². The molecule has 0 bridgehead atoms. The van der Waals surface area contributed by atoms with Crippen molar-refractivity contribution in [1.82, 2.24) is 4.98 Å². The summed E-state index contributed by atoms with van der Waals surface area (Å²) in [6.07, 6.45) is 1.84. The van der Waals surface area contributed by atoms with Crippen LogP contribution < -0.4 is 4.63 Å². The fraction of sp³-hybridized carbons (Fsp3) is 0.800. The molecule has 0 aliphatic heterocycles. The third kappa shape index (κ3) is 5.16. The minimum atomic E-state index is -1.48. The van der Waals surface area contributed by atoms with Gasteiger partial charge in [0.2, 0.25) is 0 Å². The van der Waals surface area contributed by atoms with Crippen molar-refractivity contribution in [1.29, 1.82) is 0 Å². The Morgan fingerprint density at radius 3 is 1.53 bits per heavy atom. The average Bonchev–Trinajstić information content (AvgIpc) is 2.55. The molecule has 0 aliphatic rings. The third-order valence-corrected chi connectivity index (χ3v) is 12.1. The van der Waals surface area contributed by atoms with E-state index in [9.17, 15) is 0 Å². The minimum Gasteiger partial charge on any atom is -0.254 e. The van der Waals surface area contributed by atoms with Crippen molar-refractivity contribution in [2.45, 2.75) is 80.4 Å². The van der Waals surface area contributed by atoms with Gasteiger partial charge in [0.15, 0.2) is 0 Å². The van der Waals surface area contributed by atoms with Crippen molar-refractivity contribution in [2.24, 2.45) is 0 Å². The van der Waals surface area contributed by atoms with Crippen molar-refractivity contribution in [3.63, 3.8) is 0 Å². The fourth-order valence-electron chi connectivity index (χ4n) is 3.13. The van der Waals surface area contributed by atoms with E-state index < -0.39 is 8.07 Å². The smallest absolute Gasteiger partial charge is 0.131 e. The van der Waals surface area contributed by atoms with Gasteiger partial charge in [-0.2, -0.15) is 0 Å². The monoisotopic (exact) mass is 408 g/mol. The Labute approximate surface area is 144 Å². The van der Waals surface area contributed by atoms with Crippen molar-refractivity contribution in [3.05, 3.63) is 11.6 Å². The SMILES string of the molecule is C.C.C.CC(C)[Si](c1nc[c]s1)(C(C)C)C(C)C.[Sn]. The Kier molecular flexibility index (Phi) is 16.6. The minimum absolute atomic E-state index is 0. The van der Waals surface area contributed by atoms with Crippen LogP contribution in [0.1, 0.15) is 63.8 Å². The van der Waals surface area contributed by atoms with Crippen LogP contribution in [0.3, 0.4) is 0 Å². The van der Waals surface area contributed by atoms with E-state index in [4.69, 9.17) is 0 Å². The third-order valence-electron chi connectivity index (χ3n) is 3.63. The Bertz CT molecular complexity index is 275. The van der Waals surface area contributed by atoms with Gasteiger partial charge in [-0.3, -0.25) is 4.98 Å². The van der Waals surface area contributed by atoms with Crippen molar-refractivity contribution < 1.29 is 0 Å². The summed E-state index contributed by atoms with van der Waals surface area (Å²) in [6.45, 7) is 14.2. The van der Waals surface area contributed by atoms with Gasteiger partial charge in [0.1, 0.15) is 8.07 Å². The molecule has 0 unspecified atom stereocenters. The van der Waals surface area contributed by atoms with E-state index >= 15 is 0 Å². The van der Waals surface area contributed by atoms with Gasteiger partial charge in [0.25, 0.3) is 0 Å². The van der Waals surface area contributed by atoms with Crippen LogP contribution in [0.5, 0.6) is 0 Å². The van der Waals surface area contributed by atoms with Crippen LogP contribution in [0.2, 0.25) is 16.6 Å². The molecule has 0 saturated carbocycles. The van der Waals surface area contributed by atoms with E-state index in [1.807, 2.05) is 6.20 Å². The zero-order valence-corrected chi connectivity index (χ0v) is 15.8. The molecule has 0 amide bonds. The zero-order valence-electron chi connectivity index (χ0n) is 11.2. The van der Waals surface area contributed by atoms with Gasteiger partial charge in [0.05, 0.1) is 10.0 Å². The molecule has 0 spiro atoms. The molecular formula is C15H34NSSiSn. The Morgan fingerprint density at radius 1 is 0.947 bits per heavy atom. The first-order valence-electron chi connectivity index (χ1n) is 5.76. The van der Waals surface area contributed by atoms with Gasteiger partial charge in [-0.05, 0) is 16.6 Å². The summed E-state index contributed by atoms with van der Waals surface area (Å²) in [7, 11) is -1.48. The second kappa shape index (κ2) is 11.3. The fourth-order valence-corrected chi connectivity index (χ4v) is 12.2. The van der Waals surface area contributed by atoms with Gasteiger partial charge in [-0.1, -0.05) is 63.8 Å². The van der Waals surface area contributed by atoms with Gasteiger partial charge in [-0.25, -0.2) is 0 Å². The molecule has 0 aromatic carbocycles. The van der Waals surface area contributed by atoms with Crippen molar-refractivity contribution >= 4 is 47.9 Å². The molecule has 1 aromatic heterocycles. The molecule has 0 saturated heterocycles. The predicted molar refractivity (Wildman–Crippen MR) is 97.6 cm³/mol. The standard InChI is InChI=1S/C12H22NSSi.3CH4.Sn/c1-9(2)15(10(3)4,11(5)6)12-13-7-8-14-12;;;;/h7,9-11H,1-6H3;3*1H4;. The molecule has 1 rings (SSSR count). The van der Waals surface area contributed by atoms with Gasteiger partial charge >= 0.3 is 0 Å². The topological polar surface area (TPSA) is 12.9 Å². The number of aromatic nitrogens is 1. The summed E-state index contributed by atoms with van der Waals surface area (Å²) in [5.41, 5.74) is 2.24. The van der Waals surface area contributed by atoms with Gasteiger partial charge < -0.3 is 0 Å². The molecule has 0 N–H and O–H groups in total. The predicted octanol–water partition coefficient (Wildman–Crippen LogP) is 5.36. The summed E-state index contributed by atoms with van der Waals surface area (Å²) in [5, 5.41) is 3.16. The maximum atomic E-state index is 4.58. The molecule has 19 heavy (non-hydrogen) atoms. The van der Waals surface area contributed by atoms with E-state index in [1.165, 1.54) is 4.63 Å². The summed E-state index contributed by atoms with van der Waals surface area (Å²) >= 11 is 1.74. The molecule has 113 valence electrons. The number of hydrogen-bond acceptors (Lipinski definition) is 2. The second-order valence-electron chi connectivity index (χ2n) is 5.18. The van der Waals surface area contributed by atoms with Crippen LogP contribution in [0.15, 0.2) is 6.20 Å². The quantitative estimate of drug-likeness (QED) is 0.613. The molecule has 4 heteroatoms. The van der Waals surface area contributed by atoms with E-state index in [-0.39, 0.29) is 46.2 Å². The molecule has 0 fully saturated rings. The Balaban J connectivity index is -0.000000281. The van der Waals surface area contributed by atoms with Crippen molar-refractivity contribution in [3.8, 4) is 0 Å². The molecule has 1 heterocycles. The summed E-state index contributed by atoms with van der Waals surface area (Å²) in [6, 6.07) is 0. The number of hydrogen-bond donors (Lipinski definition) is 0. The normalized spacial score (nSPS) is 10.4. The number of nitrogens with zero attached hydrogens (tertiary/aromatic N) is 1. The molecule has 0 atom stereocenters. The summed E-state index contributed by atoms with van der Waals surface area (Å²) in [5.74, 6) is 0. The van der Waals surface area contributed by atoms with Crippen LogP contribution in [-0.2, 0) is 0 Å². The van der Waals surface area contributed by atoms with Crippen LogP contribution in [0, 0.1) is 5.38 Å². The van der Waals surface area contributed by atoms with Crippen LogP contribution in [0.25, 0.3) is 0 Å². The van der Waals surface area contributed by atoms with Crippen LogP contribution >= 0.6 is 11.3 Å². The Morgan fingerprint density at radius 2 is 1.32 bits per heavy atom. The first-order chi connectivity index (χ1) is 6.94. The summed E-state index contributed by atoms with van der Waals surface area (Å²) in [4.78, 5) is 4.58. The number of rotatable bonds is 4. The van der Waals surface area contributed by atoms with E-state index in [0.717, 1.165) is 16.6 Å². The molecule has 1 nitrogen and oxygen atoms in total. The maximum Gasteiger partial charge on any atom is 0.131 e.